The highest BCUT2D eigenvalue weighted by Crippen LogP contribution is 2.28. The molecule has 0 spiro atoms. The van der Waals surface area contributed by atoms with Gasteiger partial charge in [-0.05, 0) is 64.6 Å². The van der Waals surface area contributed by atoms with Crippen LogP contribution in [-0.4, -0.2) is 11.3 Å². The Hall–Kier alpha value is -3.07. The second-order valence-corrected chi connectivity index (χ2v) is 6.40. The van der Waals surface area contributed by atoms with Gasteiger partial charge in [0.15, 0.2) is 0 Å². The number of hydrogen-bond donors (Lipinski definition) is 3. The summed E-state index contributed by atoms with van der Waals surface area (Å²) >= 11 is 0. The van der Waals surface area contributed by atoms with Crippen LogP contribution < -0.4 is 5.32 Å². The van der Waals surface area contributed by atoms with Gasteiger partial charge in [0.05, 0.1) is 0 Å². The average molecular weight is 330 g/mol. The maximum absolute atomic E-state index is 9.68. The van der Waals surface area contributed by atoms with Crippen LogP contribution in [0.15, 0.2) is 66.7 Å². The van der Waals surface area contributed by atoms with Crippen LogP contribution in [0.4, 0.5) is 11.4 Å². The van der Waals surface area contributed by atoms with E-state index in [1.165, 1.54) is 6.21 Å². The fraction of sp³-hybridized carbons (Fsp3) is 0.136. The molecular weight excluding hydrogens is 308 g/mol. The van der Waals surface area contributed by atoms with E-state index in [0.29, 0.717) is 5.92 Å². The van der Waals surface area contributed by atoms with Gasteiger partial charge in [0.25, 0.3) is 0 Å². The smallest absolute Gasteiger partial charge is 0.116 e. The number of anilines is 2. The molecular formula is C22H22N2O. The minimum absolute atomic E-state index is 0.264. The highest BCUT2D eigenvalue weighted by Gasteiger charge is 2.07. The molecule has 3 aromatic carbocycles. The van der Waals surface area contributed by atoms with Crippen molar-refractivity contribution in [3.63, 3.8) is 0 Å². The predicted molar refractivity (Wildman–Crippen MR) is 105 cm³/mol. The minimum Gasteiger partial charge on any atom is -0.508 e. The van der Waals surface area contributed by atoms with Gasteiger partial charge < -0.3 is 15.8 Å². The van der Waals surface area contributed by atoms with Gasteiger partial charge in [-0.15, -0.1) is 0 Å². The number of benzene rings is 3. The van der Waals surface area contributed by atoms with Gasteiger partial charge >= 0.3 is 0 Å². The van der Waals surface area contributed by atoms with Crippen molar-refractivity contribution in [3.05, 3.63) is 77.9 Å². The summed E-state index contributed by atoms with van der Waals surface area (Å²) in [5, 5.41) is 20.7. The van der Waals surface area contributed by atoms with Crippen LogP contribution in [0, 0.1) is 5.41 Å². The van der Waals surface area contributed by atoms with Crippen molar-refractivity contribution in [3.8, 4) is 16.9 Å². The summed E-state index contributed by atoms with van der Waals surface area (Å²) < 4.78 is 0. The maximum atomic E-state index is 9.68. The first kappa shape index (κ1) is 16.8. The van der Waals surface area contributed by atoms with E-state index in [9.17, 15) is 5.11 Å². The van der Waals surface area contributed by atoms with Crippen LogP contribution in [0.5, 0.6) is 5.75 Å². The van der Waals surface area contributed by atoms with Crippen LogP contribution in [0.1, 0.15) is 30.9 Å². The Kier molecular flexibility index (Phi) is 4.85. The molecule has 3 N–H and O–H groups in total. The van der Waals surface area contributed by atoms with Crippen molar-refractivity contribution in [2.45, 2.75) is 19.8 Å². The van der Waals surface area contributed by atoms with Crippen molar-refractivity contribution in [1.29, 1.82) is 5.41 Å². The lowest BCUT2D eigenvalue weighted by Crippen LogP contribution is -1.98. The molecule has 126 valence electrons. The molecule has 0 amide bonds. The molecule has 3 aromatic rings. The zero-order chi connectivity index (χ0) is 17.8. The third-order valence-corrected chi connectivity index (χ3v) is 4.20. The molecule has 0 aliphatic rings. The van der Waals surface area contributed by atoms with E-state index >= 15 is 0 Å². The largest absolute Gasteiger partial charge is 0.508 e. The van der Waals surface area contributed by atoms with Gasteiger partial charge in [-0.25, -0.2) is 0 Å². The van der Waals surface area contributed by atoms with Crippen LogP contribution in [-0.2, 0) is 0 Å². The summed E-state index contributed by atoms with van der Waals surface area (Å²) in [6, 6.07) is 21.4. The van der Waals surface area contributed by atoms with Gasteiger partial charge in [0.2, 0.25) is 0 Å². The third kappa shape index (κ3) is 3.89. The van der Waals surface area contributed by atoms with Crippen molar-refractivity contribution in [1.82, 2.24) is 0 Å². The standard InChI is InChI=1S/C22H22N2O/c1-15(2)22-13-20(10-9-18(22)14-23)24-19-7-3-5-16(11-19)17-6-4-8-21(25)12-17/h3-15,23-25H,1-2H3. The predicted octanol–water partition coefficient (Wildman–Crippen LogP) is 5.92. The van der Waals surface area contributed by atoms with Crippen molar-refractivity contribution >= 4 is 17.6 Å². The zero-order valence-electron chi connectivity index (χ0n) is 14.5. The summed E-state index contributed by atoms with van der Waals surface area (Å²) in [5.41, 5.74) is 6.12. The summed E-state index contributed by atoms with van der Waals surface area (Å²) in [7, 11) is 0. The molecule has 0 aromatic heterocycles. The SMILES string of the molecule is CC(C)c1cc(Nc2cccc(-c3cccc(O)c3)c2)ccc1C=N. The zero-order valence-corrected chi connectivity index (χ0v) is 14.5. The monoisotopic (exact) mass is 330 g/mol. The maximum Gasteiger partial charge on any atom is 0.116 e. The normalized spacial score (nSPS) is 10.7. The van der Waals surface area contributed by atoms with E-state index in [4.69, 9.17) is 5.41 Å². The molecule has 0 heterocycles. The lowest BCUT2D eigenvalue weighted by atomic mass is 9.97. The molecule has 0 saturated heterocycles. The summed E-state index contributed by atoms with van der Waals surface area (Å²) in [6.07, 6.45) is 1.40. The average Bonchev–Trinajstić information content (AvgIpc) is 2.62. The van der Waals surface area contributed by atoms with Crippen LogP contribution in [0.3, 0.4) is 0 Å². The second kappa shape index (κ2) is 7.22. The molecule has 3 rings (SSSR count). The fourth-order valence-corrected chi connectivity index (χ4v) is 2.91. The Balaban J connectivity index is 1.90. The molecule has 0 aliphatic heterocycles. The number of aromatic hydroxyl groups is 1. The second-order valence-electron chi connectivity index (χ2n) is 6.40. The quantitative estimate of drug-likeness (QED) is 0.508. The first-order valence-corrected chi connectivity index (χ1v) is 8.38. The lowest BCUT2D eigenvalue weighted by Gasteiger charge is -2.14. The van der Waals surface area contributed by atoms with Gasteiger partial charge in [0, 0.05) is 17.6 Å². The van der Waals surface area contributed by atoms with Crippen molar-refractivity contribution in [2.24, 2.45) is 0 Å². The highest BCUT2D eigenvalue weighted by atomic mass is 16.3. The van der Waals surface area contributed by atoms with E-state index in [0.717, 1.165) is 33.6 Å². The molecule has 0 fully saturated rings. The van der Waals surface area contributed by atoms with E-state index in [2.05, 4.69) is 31.3 Å². The summed E-state index contributed by atoms with van der Waals surface area (Å²) in [4.78, 5) is 0. The molecule has 0 bridgehead atoms. The molecule has 0 atom stereocenters. The summed E-state index contributed by atoms with van der Waals surface area (Å²) in [6.45, 7) is 4.27. The first-order chi connectivity index (χ1) is 12.1. The van der Waals surface area contributed by atoms with E-state index < -0.39 is 0 Å². The van der Waals surface area contributed by atoms with E-state index in [-0.39, 0.29) is 5.75 Å². The Morgan fingerprint density at radius 1 is 0.880 bits per heavy atom. The number of phenols is 1. The van der Waals surface area contributed by atoms with Gasteiger partial charge in [-0.2, -0.15) is 0 Å². The Labute approximate surface area is 148 Å². The van der Waals surface area contributed by atoms with Crippen molar-refractivity contribution in [2.75, 3.05) is 5.32 Å². The van der Waals surface area contributed by atoms with Crippen molar-refractivity contribution < 1.29 is 5.11 Å². The molecule has 0 unspecified atom stereocenters. The molecule has 25 heavy (non-hydrogen) atoms. The Bertz CT molecular complexity index is 900. The number of rotatable bonds is 5. The number of nitrogens with one attached hydrogen (secondary N) is 2. The fourth-order valence-electron chi connectivity index (χ4n) is 2.91. The number of phenolic OH excluding ortho intramolecular Hbond substituents is 1. The molecule has 0 saturated carbocycles. The number of hydrogen-bond acceptors (Lipinski definition) is 3. The molecule has 0 aliphatic carbocycles. The molecule has 3 nitrogen and oxygen atoms in total. The Morgan fingerprint density at radius 2 is 1.56 bits per heavy atom. The van der Waals surface area contributed by atoms with Gasteiger partial charge in [-0.1, -0.05) is 44.2 Å². The molecule has 0 radical (unpaired) electrons. The summed E-state index contributed by atoms with van der Waals surface area (Å²) in [5.74, 6) is 0.622. The van der Waals surface area contributed by atoms with E-state index in [1.807, 2.05) is 42.5 Å². The van der Waals surface area contributed by atoms with E-state index in [1.54, 1.807) is 12.1 Å². The van der Waals surface area contributed by atoms with Crippen LogP contribution >= 0.6 is 0 Å². The van der Waals surface area contributed by atoms with Crippen LogP contribution in [0.25, 0.3) is 11.1 Å². The third-order valence-electron chi connectivity index (χ3n) is 4.20. The topological polar surface area (TPSA) is 56.1 Å². The molecule has 3 heteroatoms. The Morgan fingerprint density at radius 3 is 2.24 bits per heavy atom. The minimum atomic E-state index is 0.264. The highest BCUT2D eigenvalue weighted by molar-refractivity contribution is 5.81. The lowest BCUT2D eigenvalue weighted by molar-refractivity contribution is 0.475. The van der Waals surface area contributed by atoms with Gasteiger partial charge in [-0.3, -0.25) is 0 Å². The first-order valence-electron chi connectivity index (χ1n) is 8.38. The van der Waals surface area contributed by atoms with Gasteiger partial charge in [0.1, 0.15) is 5.75 Å². The van der Waals surface area contributed by atoms with Crippen LogP contribution in [0.2, 0.25) is 0 Å².